The molecule has 1 atom stereocenters. The summed E-state index contributed by atoms with van der Waals surface area (Å²) in [4.78, 5) is -0.312. The van der Waals surface area contributed by atoms with E-state index in [4.69, 9.17) is 23.2 Å². The Balaban J connectivity index is 3.64. The summed E-state index contributed by atoms with van der Waals surface area (Å²) in [5.74, 6) is 0.207. The summed E-state index contributed by atoms with van der Waals surface area (Å²) in [6, 6.07) is 0. The number of alkyl halides is 2. The summed E-state index contributed by atoms with van der Waals surface area (Å²) in [6.07, 6.45) is 0. The standard InChI is InChI=1S/C6H10Cl2/c1-4(2)5(3)6(7)8/h5-6H,1H2,2-3H3. The van der Waals surface area contributed by atoms with E-state index in [0.29, 0.717) is 0 Å². The predicted octanol–water partition coefficient (Wildman–Crippen LogP) is 3.00. The average molecular weight is 153 g/mol. The zero-order valence-electron chi connectivity index (χ0n) is 5.12. The van der Waals surface area contributed by atoms with E-state index in [-0.39, 0.29) is 10.8 Å². The molecule has 0 N–H and O–H groups in total. The van der Waals surface area contributed by atoms with E-state index in [9.17, 15) is 0 Å². The lowest BCUT2D eigenvalue weighted by molar-refractivity contribution is 0.744. The van der Waals surface area contributed by atoms with Crippen molar-refractivity contribution in [2.75, 3.05) is 0 Å². The van der Waals surface area contributed by atoms with Crippen LogP contribution in [0.1, 0.15) is 13.8 Å². The molecule has 0 radical (unpaired) electrons. The Morgan fingerprint density at radius 1 is 1.50 bits per heavy atom. The highest BCUT2D eigenvalue weighted by Crippen LogP contribution is 2.20. The third-order valence-electron chi connectivity index (χ3n) is 1.16. The van der Waals surface area contributed by atoms with Crippen LogP contribution >= 0.6 is 23.2 Å². The highest BCUT2D eigenvalue weighted by Gasteiger charge is 2.09. The third-order valence-corrected chi connectivity index (χ3v) is 1.91. The van der Waals surface area contributed by atoms with Crippen LogP contribution in [-0.2, 0) is 0 Å². The van der Waals surface area contributed by atoms with Crippen LogP contribution in [0.3, 0.4) is 0 Å². The fourth-order valence-corrected chi connectivity index (χ4v) is 0.645. The molecular weight excluding hydrogens is 143 g/mol. The number of halogens is 2. The predicted molar refractivity (Wildman–Crippen MR) is 39.5 cm³/mol. The average Bonchev–Trinajstić information content (AvgIpc) is 1.64. The maximum absolute atomic E-state index is 5.53. The normalized spacial score (nSPS) is 14.1. The molecule has 0 aromatic heterocycles. The van der Waals surface area contributed by atoms with E-state index in [1.165, 1.54) is 0 Å². The molecule has 0 heterocycles. The minimum absolute atomic E-state index is 0.207. The second kappa shape index (κ2) is 3.37. The van der Waals surface area contributed by atoms with Crippen LogP contribution in [0, 0.1) is 5.92 Å². The lowest BCUT2D eigenvalue weighted by Gasteiger charge is -2.09. The molecule has 1 unspecified atom stereocenters. The molecule has 0 aromatic carbocycles. The molecule has 0 amide bonds. The lowest BCUT2D eigenvalue weighted by atomic mass is 10.1. The zero-order valence-corrected chi connectivity index (χ0v) is 6.63. The van der Waals surface area contributed by atoms with Gasteiger partial charge in [0.15, 0.2) is 0 Å². The Bertz CT molecular complexity index is 86.5. The van der Waals surface area contributed by atoms with Gasteiger partial charge in [-0.25, -0.2) is 0 Å². The number of rotatable bonds is 2. The van der Waals surface area contributed by atoms with Crippen molar-refractivity contribution in [1.29, 1.82) is 0 Å². The summed E-state index contributed by atoms with van der Waals surface area (Å²) in [6.45, 7) is 7.58. The van der Waals surface area contributed by atoms with E-state index in [1.807, 2.05) is 13.8 Å². The van der Waals surface area contributed by atoms with Gasteiger partial charge in [0.05, 0.1) is 0 Å². The first kappa shape index (κ1) is 8.32. The van der Waals surface area contributed by atoms with Crippen molar-refractivity contribution in [3.63, 3.8) is 0 Å². The monoisotopic (exact) mass is 152 g/mol. The van der Waals surface area contributed by atoms with Crippen LogP contribution in [-0.4, -0.2) is 4.84 Å². The molecular formula is C6H10Cl2. The van der Waals surface area contributed by atoms with E-state index >= 15 is 0 Å². The molecule has 0 aliphatic heterocycles. The summed E-state index contributed by atoms with van der Waals surface area (Å²) in [7, 11) is 0. The van der Waals surface area contributed by atoms with Crippen molar-refractivity contribution >= 4 is 23.2 Å². The zero-order chi connectivity index (χ0) is 6.73. The van der Waals surface area contributed by atoms with Gasteiger partial charge < -0.3 is 0 Å². The highest BCUT2D eigenvalue weighted by molar-refractivity contribution is 6.44. The Morgan fingerprint density at radius 3 is 1.88 bits per heavy atom. The van der Waals surface area contributed by atoms with Crippen molar-refractivity contribution in [3.8, 4) is 0 Å². The molecule has 0 aliphatic rings. The van der Waals surface area contributed by atoms with Crippen LogP contribution in [0.15, 0.2) is 12.2 Å². The molecule has 0 fully saturated rings. The summed E-state index contributed by atoms with van der Waals surface area (Å²) in [5.41, 5.74) is 1.03. The van der Waals surface area contributed by atoms with Gasteiger partial charge in [-0.15, -0.1) is 23.2 Å². The topological polar surface area (TPSA) is 0 Å². The highest BCUT2D eigenvalue weighted by atomic mass is 35.5. The van der Waals surface area contributed by atoms with Gasteiger partial charge in [-0.05, 0) is 6.92 Å². The summed E-state index contributed by atoms with van der Waals surface area (Å²) < 4.78 is 0. The van der Waals surface area contributed by atoms with Gasteiger partial charge in [-0.3, -0.25) is 0 Å². The van der Waals surface area contributed by atoms with Crippen molar-refractivity contribution in [3.05, 3.63) is 12.2 Å². The van der Waals surface area contributed by atoms with Crippen molar-refractivity contribution in [2.24, 2.45) is 5.92 Å². The Morgan fingerprint density at radius 2 is 1.88 bits per heavy atom. The first-order valence-electron chi connectivity index (χ1n) is 2.49. The maximum Gasteiger partial charge on any atom is 0.114 e. The molecule has 0 aliphatic carbocycles. The smallest absolute Gasteiger partial charge is 0.105 e. The molecule has 0 rings (SSSR count). The fraction of sp³-hybridized carbons (Fsp3) is 0.667. The summed E-state index contributed by atoms with van der Waals surface area (Å²) in [5, 5.41) is 0. The minimum atomic E-state index is -0.312. The molecule has 8 heavy (non-hydrogen) atoms. The molecule has 0 saturated heterocycles. The first-order chi connectivity index (χ1) is 3.55. The van der Waals surface area contributed by atoms with Gasteiger partial charge in [0, 0.05) is 5.92 Å². The quantitative estimate of drug-likeness (QED) is 0.422. The molecule has 0 nitrogen and oxygen atoms in total. The van der Waals surface area contributed by atoms with Crippen LogP contribution in [0.2, 0.25) is 0 Å². The largest absolute Gasteiger partial charge is 0.114 e. The van der Waals surface area contributed by atoms with Crippen molar-refractivity contribution < 1.29 is 0 Å². The number of allylic oxidation sites excluding steroid dienone is 1. The first-order valence-corrected chi connectivity index (χ1v) is 3.36. The van der Waals surface area contributed by atoms with Crippen LogP contribution < -0.4 is 0 Å². The Kier molecular flexibility index (Phi) is 3.50. The van der Waals surface area contributed by atoms with Gasteiger partial charge >= 0.3 is 0 Å². The maximum atomic E-state index is 5.53. The fourth-order valence-electron chi connectivity index (χ4n) is 0.215. The molecule has 0 bridgehead atoms. The van der Waals surface area contributed by atoms with Crippen molar-refractivity contribution in [2.45, 2.75) is 18.7 Å². The van der Waals surface area contributed by atoms with Gasteiger partial charge in [0.25, 0.3) is 0 Å². The van der Waals surface area contributed by atoms with Gasteiger partial charge in [0.2, 0.25) is 0 Å². The van der Waals surface area contributed by atoms with E-state index in [0.717, 1.165) is 5.57 Å². The van der Waals surface area contributed by atoms with Gasteiger partial charge in [-0.1, -0.05) is 19.1 Å². The number of hydrogen-bond acceptors (Lipinski definition) is 0. The molecule has 0 aromatic rings. The molecule has 0 saturated carbocycles. The van der Waals surface area contributed by atoms with Crippen LogP contribution in [0.5, 0.6) is 0 Å². The third kappa shape index (κ3) is 2.58. The van der Waals surface area contributed by atoms with E-state index in [1.54, 1.807) is 0 Å². The lowest BCUT2D eigenvalue weighted by Crippen LogP contribution is -2.03. The van der Waals surface area contributed by atoms with Crippen molar-refractivity contribution in [1.82, 2.24) is 0 Å². The van der Waals surface area contributed by atoms with Crippen LogP contribution in [0.4, 0.5) is 0 Å². The SMILES string of the molecule is C=C(C)C(C)C(Cl)Cl. The molecule has 2 heteroatoms. The number of hydrogen-bond donors (Lipinski definition) is 0. The second-order valence-corrected chi connectivity index (χ2v) is 3.13. The Labute approximate surface area is 60.5 Å². The Hall–Kier alpha value is 0.320. The second-order valence-electron chi connectivity index (χ2n) is 1.97. The minimum Gasteiger partial charge on any atom is -0.105 e. The summed E-state index contributed by atoms with van der Waals surface area (Å²) >= 11 is 11.1. The van der Waals surface area contributed by atoms with Crippen LogP contribution in [0.25, 0.3) is 0 Å². The molecule has 48 valence electrons. The molecule has 0 spiro atoms. The van der Waals surface area contributed by atoms with E-state index < -0.39 is 0 Å². The van der Waals surface area contributed by atoms with Gasteiger partial charge in [-0.2, -0.15) is 0 Å². The van der Waals surface area contributed by atoms with E-state index in [2.05, 4.69) is 6.58 Å². The van der Waals surface area contributed by atoms with Gasteiger partial charge in [0.1, 0.15) is 4.84 Å².